The molecule has 112 valence electrons. The Hall–Kier alpha value is -1.45. The second kappa shape index (κ2) is 6.54. The molecule has 0 heterocycles. The monoisotopic (exact) mass is 306 g/mol. The smallest absolute Gasteiger partial charge is 0.303 e. The molecule has 0 radical (unpaired) electrons. The van der Waals surface area contributed by atoms with Gasteiger partial charge in [-0.1, -0.05) is 59.7 Å². The van der Waals surface area contributed by atoms with Crippen LogP contribution in [0.15, 0.2) is 48.5 Å². The number of hydrogen-bond acceptors (Lipinski definition) is 2. The zero-order chi connectivity index (χ0) is 15.5. The van der Waals surface area contributed by atoms with Gasteiger partial charge in [-0.3, -0.25) is 4.52 Å². The number of benzene rings is 2. The molecule has 0 spiro atoms. The van der Waals surface area contributed by atoms with Crippen LogP contribution in [0.2, 0.25) is 0 Å². The van der Waals surface area contributed by atoms with Crippen molar-refractivity contribution in [3.8, 4) is 0 Å². The molecule has 0 aliphatic heterocycles. The summed E-state index contributed by atoms with van der Waals surface area (Å²) in [6.07, 6.45) is 0. The van der Waals surface area contributed by atoms with Gasteiger partial charge in [-0.15, -0.1) is 0 Å². The van der Waals surface area contributed by atoms with Crippen LogP contribution in [0.1, 0.15) is 28.2 Å². The Labute approximate surface area is 124 Å². The number of phosphoric ester groups is 1. The third-order valence-corrected chi connectivity index (χ3v) is 3.78. The molecule has 2 rings (SSSR count). The fourth-order valence-electron chi connectivity index (χ4n) is 2.33. The van der Waals surface area contributed by atoms with Gasteiger partial charge in [0, 0.05) is 5.92 Å². The average molecular weight is 306 g/mol. The summed E-state index contributed by atoms with van der Waals surface area (Å²) in [5, 5.41) is 0. The minimum atomic E-state index is -4.48. The summed E-state index contributed by atoms with van der Waals surface area (Å²) < 4.78 is 15.8. The lowest BCUT2D eigenvalue weighted by Crippen LogP contribution is -2.09. The van der Waals surface area contributed by atoms with E-state index in [0.717, 1.165) is 22.3 Å². The Morgan fingerprint density at radius 2 is 1.48 bits per heavy atom. The second-order valence-electron chi connectivity index (χ2n) is 5.17. The van der Waals surface area contributed by atoms with E-state index in [1.807, 2.05) is 62.4 Å². The number of rotatable bonds is 5. The van der Waals surface area contributed by atoms with Gasteiger partial charge in [0.2, 0.25) is 0 Å². The van der Waals surface area contributed by atoms with Crippen LogP contribution in [0.25, 0.3) is 0 Å². The van der Waals surface area contributed by atoms with E-state index in [1.54, 1.807) is 0 Å². The van der Waals surface area contributed by atoms with Crippen LogP contribution >= 0.6 is 7.82 Å². The summed E-state index contributed by atoms with van der Waals surface area (Å²) in [4.78, 5) is 17.9. The van der Waals surface area contributed by atoms with E-state index in [9.17, 15) is 4.57 Å². The Morgan fingerprint density at radius 1 is 1.00 bits per heavy atom. The van der Waals surface area contributed by atoms with E-state index in [0.29, 0.717) is 0 Å². The van der Waals surface area contributed by atoms with Gasteiger partial charge in [-0.05, 0) is 25.0 Å². The third-order valence-electron chi connectivity index (χ3n) is 3.30. The Balaban J connectivity index is 2.36. The molecule has 0 unspecified atom stereocenters. The van der Waals surface area contributed by atoms with E-state index >= 15 is 0 Å². The molecule has 0 aliphatic rings. The third kappa shape index (κ3) is 4.80. The van der Waals surface area contributed by atoms with E-state index in [-0.39, 0.29) is 12.5 Å². The normalized spacial score (nSPS) is 11.9. The zero-order valence-corrected chi connectivity index (χ0v) is 13.0. The fraction of sp³-hybridized carbons (Fsp3) is 0.250. The standard InChI is InChI=1S/C16H19O4P/c1-12-5-3-7-14(9-12)16(11-20-21(17,18)19)15-8-4-6-13(2)10-15/h3-10,16H,11H2,1-2H3,(H2,17,18,19). The Bertz CT molecular complexity index is 617. The van der Waals surface area contributed by atoms with Crippen molar-refractivity contribution in [3.05, 3.63) is 70.8 Å². The van der Waals surface area contributed by atoms with Crippen LogP contribution in [0.3, 0.4) is 0 Å². The molecule has 5 heteroatoms. The first kappa shape index (κ1) is 15.9. The highest BCUT2D eigenvalue weighted by Gasteiger charge is 2.21. The summed E-state index contributed by atoms with van der Waals surface area (Å²) >= 11 is 0. The first-order valence-electron chi connectivity index (χ1n) is 6.68. The molecule has 4 nitrogen and oxygen atoms in total. The molecule has 2 aromatic carbocycles. The van der Waals surface area contributed by atoms with Crippen LogP contribution in [-0.4, -0.2) is 16.4 Å². The Morgan fingerprint density at radius 3 is 1.86 bits per heavy atom. The van der Waals surface area contributed by atoms with E-state index < -0.39 is 7.82 Å². The molecule has 0 saturated carbocycles. The van der Waals surface area contributed by atoms with Crippen LogP contribution in [0.5, 0.6) is 0 Å². The Kier molecular flexibility index (Phi) is 4.96. The van der Waals surface area contributed by atoms with Gasteiger partial charge < -0.3 is 9.79 Å². The average Bonchev–Trinajstić information content (AvgIpc) is 2.38. The quantitative estimate of drug-likeness (QED) is 0.829. The lowest BCUT2D eigenvalue weighted by atomic mass is 9.90. The van der Waals surface area contributed by atoms with Gasteiger partial charge in [0.1, 0.15) is 0 Å². The molecular formula is C16H19O4P. The van der Waals surface area contributed by atoms with E-state index in [1.165, 1.54) is 0 Å². The van der Waals surface area contributed by atoms with Crippen molar-refractivity contribution < 1.29 is 18.9 Å². The molecule has 0 amide bonds. The molecule has 0 aliphatic carbocycles. The van der Waals surface area contributed by atoms with E-state index in [4.69, 9.17) is 14.3 Å². The number of phosphoric acid groups is 1. The van der Waals surface area contributed by atoms with Gasteiger partial charge in [0.15, 0.2) is 0 Å². The van der Waals surface area contributed by atoms with Gasteiger partial charge in [-0.2, -0.15) is 0 Å². The first-order valence-corrected chi connectivity index (χ1v) is 8.21. The van der Waals surface area contributed by atoms with Crippen molar-refractivity contribution in [2.75, 3.05) is 6.61 Å². The predicted octanol–water partition coefficient (Wildman–Crippen LogP) is 3.54. The van der Waals surface area contributed by atoms with Crippen LogP contribution in [-0.2, 0) is 9.09 Å². The molecule has 0 atom stereocenters. The summed E-state index contributed by atoms with van der Waals surface area (Å²) in [5.74, 6) is -0.211. The summed E-state index contributed by atoms with van der Waals surface area (Å²) in [5.41, 5.74) is 4.16. The fourth-order valence-corrected chi connectivity index (χ4v) is 2.67. The highest BCUT2D eigenvalue weighted by Crippen LogP contribution is 2.39. The van der Waals surface area contributed by atoms with Crippen LogP contribution in [0, 0.1) is 13.8 Å². The molecule has 0 fully saturated rings. The molecule has 0 bridgehead atoms. The minimum absolute atomic E-state index is 0.0583. The van der Waals surface area contributed by atoms with Gasteiger partial charge in [0.05, 0.1) is 6.61 Å². The van der Waals surface area contributed by atoms with Crippen molar-refractivity contribution in [2.24, 2.45) is 0 Å². The highest BCUT2D eigenvalue weighted by molar-refractivity contribution is 7.46. The lowest BCUT2D eigenvalue weighted by molar-refractivity contribution is 0.191. The minimum Gasteiger partial charge on any atom is -0.303 e. The first-order chi connectivity index (χ1) is 9.85. The largest absolute Gasteiger partial charge is 0.469 e. The topological polar surface area (TPSA) is 66.8 Å². The molecule has 0 saturated heterocycles. The van der Waals surface area contributed by atoms with E-state index in [2.05, 4.69) is 0 Å². The van der Waals surface area contributed by atoms with Crippen molar-refractivity contribution >= 4 is 7.82 Å². The predicted molar refractivity (Wildman–Crippen MR) is 82.2 cm³/mol. The lowest BCUT2D eigenvalue weighted by Gasteiger charge is -2.19. The second-order valence-corrected chi connectivity index (χ2v) is 6.41. The van der Waals surface area contributed by atoms with Gasteiger partial charge >= 0.3 is 7.82 Å². The van der Waals surface area contributed by atoms with Gasteiger partial charge in [-0.25, -0.2) is 4.57 Å². The van der Waals surface area contributed by atoms with Crippen molar-refractivity contribution in [1.29, 1.82) is 0 Å². The number of aryl methyl sites for hydroxylation is 2. The zero-order valence-electron chi connectivity index (χ0n) is 12.1. The summed E-state index contributed by atoms with van der Waals surface area (Å²) in [6, 6.07) is 15.8. The summed E-state index contributed by atoms with van der Waals surface area (Å²) in [7, 11) is -4.48. The molecule has 0 aromatic heterocycles. The molecule has 2 aromatic rings. The molecule has 21 heavy (non-hydrogen) atoms. The van der Waals surface area contributed by atoms with Crippen LogP contribution < -0.4 is 0 Å². The SMILES string of the molecule is Cc1cccc(C(COP(=O)(O)O)c2cccc(C)c2)c1. The maximum absolute atomic E-state index is 11.0. The molecular weight excluding hydrogens is 287 g/mol. The summed E-state index contributed by atoms with van der Waals surface area (Å²) in [6.45, 7) is 3.92. The van der Waals surface area contributed by atoms with Crippen molar-refractivity contribution in [1.82, 2.24) is 0 Å². The number of hydrogen-bond donors (Lipinski definition) is 2. The molecule has 2 N–H and O–H groups in total. The van der Waals surface area contributed by atoms with Crippen LogP contribution in [0.4, 0.5) is 0 Å². The van der Waals surface area contributed by atoms with Crippen molar-refractivity contribution in [2.45, 2.75) is 19.8 Å². The maximum atomic E-state index is 11.0. The van der Waals surface area contributed by atoms with Gasteiger partial charge in [0.25, 0.3) is 0 Å². The maximum Gasteiger partial charge on any atom is 0.469 e. The van der Waals surface area contributed by atoms with Crippen molar-refractivity contribution in [3.63, 3.8) is 0 Å². The highest BCUT2D eigenvalue weighted by atomic mass is 31.2.